The first-order chi connectivity index (χ1) is 10.9. The van der Waals surface area contributed by atoms with Gasteiger partial charge in [-0.05, 0) is 30.5 Å². The number of fused-ring (bicyclic) bond motifs is 1. The molecule has 0 aliphatic rings. The van der Waals surface area contributed by atoms with Crippen LogP contribution < -0.4 is 5.32 Å². The fourth-order valence-corrected chi connectivity index (χ4v) is 2.46. The van der Waals surface area contributed by atoms with Crippen molar-refractivity contribution in [3.8, 4) is 0 Å². The van der Waals surface area contributed by atoms with E-state index in [-0.39, 0.29) is 12.0 Å². The van der Waals surface area contributed by atoms with Gasteiger partial charge in [-0.2, -0.15) is 9.61 Å². The summed E-state index contributed by atoms with van der Waals surface area (Å²) in [6.07, 6.45) is 1.67. The fourth-order valence-electron chi connectivity index (χ4n) is 2.46. The van der Waals surface area contributed by atoms with E-state index < -0.39 is 11.6 Å². The Hall–Kier alpha value is -2.50. The molecule has 0 aliphatic heterocycles. The molecule has 0 bridgehead atoms. The zero-order valence-electron chi connectivity index (χ0n) is 13.2. The zero-order chi connectivity index (χ0) is 16.6. The first kappa shape index (κ1) is 15.4. The average molecular weight is 316 g/mol. The summed E-state index contributed by atoms with van der Waals surface area (Å²) in [5.41, 5.74) is 2.19. The number of nitrogens with zero attached hydrogens (tertiary/aromatic N) is 3. The van der Waals surface area contributed by atoms with Gasteiger partial charge >= 0.3 is 0 Å². The standard InChI is InChI=1S/C17H18F2N4/c1-10(2)15-9-17(23-16(22-15)4-5-20-23)21-11(3)12-6-13(18)8-14(19)7-12/h4-11,21H,1-3H3. The quantitative estimate of drug-likeness (QED) is 0.780. The summed E-state index contributed by atoms with van der Waals surface area (Å²) in [5.74, 6) is -0.177. The maximum atomic E-state index is 13.4. The summed E-state index contributed by atoms with van der Waals surface area (Å²) in [5, 5.41) is 7.51. The van der Waals surface area contributed by atoms with Crippen LogP contribution in [0.25, 0.3) is 5.65 Å². The summed E-state index contributed by atoms with van der Waals surface area (Å²) in [7, 11) is 0. The third-order valence-corrected chi connectivity index (χ3v) is 3.72. The highest BCUT2D eigenvalue weighted by Gasteiger charge is 2.13. The van der Waals surface area contributed by atoms with Gasteiger partial charge in [0.1, 0.15) is 17.5 Å². The molecule has 1 aromatic carbocycles. The van der Waals surface area contributed by atoms with E-state index in [4.69, 9.17) is 0 Å². The summed E-state index contributed by atoms with van der Waals surface area (Å²) >= 11 is 0. The molecule has 0 fully saturated rings. The number of benzene rings is 1. The van der Waals surface area contributed by atoms with E-state index in [1.807, 2.05) is 19.1 Å². The van der Waals surface area contributed by atoms with Crippen molar-refractivity contribution < 1.29 is 8.78 Å². The van der Waals surface area contributed by atoms with E-state index in [0.717, 1.165) is 23.2 Å². The van der Waals surface area contributed by atoms with Crippen molar-refractivity contribution in [3.63, 3.8) is 0 Å². The Balaban J connectivity index is 1.98. The average Bonchev–Trinajstić information content (AvgIpc) is 2.94. The van der Waals surface area contributed by atoms with E-state index in [0.29, 0.717) is 5.56 Å². The van der Waals surface area contributed by atoms with Gasteiger partial charge in [0.2, 0.25) is 0 Å². The highest BCUT2D eigenvalue weighted by Crippen LogP contribution is 2.24. The Morgan fingerprint density at radius 1 is 1.04 bits per heavy atom. The van der Waals surface area contributed by atoms with Gasteiger partial charge in [-0.25, -0.2) is 13.8 Å². The SMILES string of the molecule is CC(C)c1cc(NC(C)c2cc(F)cc(F)c2)n2nccc2n1. The molecule has 6 heteroatoms. The molecule has 3 aromatic rings. The fraction of sp³-hybridized carbons (Fsp3) is 0.294. The second-order valence-electron chi connectivity index (χ2n) is 5.89. The van der Waals surface area contributed by atoms with Crippen LogP contribution in [0.15, 0.2) is 36.5 Å². The van der Waals surface area contributed by atoms with Crippen molar-refractivity contribution >= 4 is 11.5 Å². The molecule has 0 spiro atoms. The van der Waals surface area contributed by atoms with Crippen molar-refractivity contribution in [1.29, 1.82) is 0 Å². The summed E-state index contributed by atoms with van der Waals surface area (Å²) in [6, 6.07) is 6.97. The first-order valence-electron chi connectivity index (χ1n) is 7.51. The van der Waals surface area contributed by atoms with Gasteiger partial charge in [0.05, 0.1) is 12.2 Å². The van der Waals surface area contributed by atoms with Gasteiger partial charge in [0, 0.05) is 23.9 Å². The Labute approximate surface area is 133 Å². The van der Waals surface area contributed by atoms with Crippen LogP contribution in [0.3, 0.4) is 0 Å². The molecule has 23 heavy (non-hydrogen) atoms. The van der Waals surface area contributed by atoms with Gasteiger partial charge < -0.3 is 5.32 Å². The van der Waals surface area contributed by atoms with E-state index in [2.05, 4.69) is 29.2 Å². The molecular formula is C17H18F2N4. The van der Waals surface area contributed by atoms with E-state index in [1.165, 1.54) is 12.1 Å². The van der Waals surface area contributed by atoms with Crippen molar-refractivity contribution in [2.75, 3.05) is 5.32 Å². The van der Waals surface area contributed by atoms with Gasteiger partial charge in [-0.1, -0.05) is 13.8 Å². The predicted molar refractivity (Wildman–Crippen MR) is 85.5 cm³/mol. The van der Waals surface area contributed by atoms with Crippen molar-refractivity contribution in [3.05, 3.63) is 59.4 Å². The summed E-state index contributed by atoms with van der Waals surface area (Å²) in [4.78, 5) is 4.54. The smallest absolute Gasteiger partial charge is 0.157 e. The Morgan fingerprint density at radius 3 is 2.39 bits per heavy atom. The van der Waals surface area contributed by atoms with Crippen LogP contribution >= 0.6 is 0 Å². The number of nitrogens with one attached hydrogen (secondary N) is 1. The minimum Gasteiger partial charge on any atom is -0.363 e. The minimum atomic E-state index is -0.588. The molecule has 1 N–H and O–H groups in total. The van der Waals surface area contributed by atoms with Crippen LogP contribution in [0.1, 0.15) is 44.0 Å². The molecule has 0 radical (unpaired) electrons. The van der Waals surface area contributed by atoms with Crippen LogP contribution in [0.4, 0.5) is 14.6 Å². The lowest BCUT2D eigenvalue weighted by Crippen LogP contribution is -2.12. The van der Waals surface area contributed by atoms with Crippen LogP contribution in [0, 0.1) is 11.6 Å². The Kier molecular flexibility index (Phi) is 3.98. The lowest BCUT2D eigenvalue weighted by molar-refractivity contribution is 0.577. The molecule has 0 aliphatic carbocycles. The highest BCUT2D eigenvalue weighted by atomic mass is 19.1. The molecule has 120 valence electrons. The number of rotatable bonds is 4. The van der Waals surface area contributed by atoms with Gasteiger partial charge in [-0.3, -0.25) is 0 Å². The normalized spacial score (nSPS) is 12.8. The number of aromatic nitrogens is 3. The monoisotopic (exact) mass is 316 g/mol. The second kappa shape index (κ2) is 5.95. The molecule has 0 saturated heterocycles. The Morgan fingerprint density at radius 2 is 1.74 bits per heavy atom. The van der Waals surface area contributed by atoms with Crippen LogP contribution in [-0.4, -0.2) is 14.6 Å². The Bertz CT molecular complexity index is 821. The molecule has 0 saturated carbocycles. The number of anilines is 1. The molecule has 0 amide bonds. The van der Waals surface area contributed by atoms with Crippen LogP contribution in [0.2, 0.25) is 0 Å². The van der Waals surface area contributed by atoms with Crippen molar-refractivity contribution in [1.82, 2.24) is 14.6 Å². The molecular weight excluding hydrogens is 298 g/mol. The maximum absolute atomic E-state index is 13.4. The van der Waals surface area contributed by atoms with Crippen LogP contribution in [0.5, 0.6) is 0 Å². The minimum absolute atomic E-state index is 0.261. The molecule has 4 nitrogen and oxygen atoms in total. The first-order valence-corrected chi connectivity index (χ1v) is 7.51. The van der Waals surface area contributed by atoms with Crippen molar-refractivity contribution in [2.24, 2.45) is 0 Å². The molecule has 2 aromatic heterocycles. The lowest BCUT2D eigenvalue weighted by atomic mass is 10.1. The zero-order valence-corrected chi connectivity index (χ0v) is 13.2. The van der Waals surface area contributed by atoms with E-state index in [9.17, 15) is 8.78 Å². The molecule has 1 unspecified atom stereocenters. The number of halogens is 2. The van der Waals surface area contributed by atoms with Crippen molar-refractivity contribution in [2.45, 2.75) is 32.7 Å². The van der Waals surface area contributed by atoms with Crippen LogP contribution in [-0.2, 0) is 0 Å². The maximum Gasteiger partial charge on any atom is 0.157 e. The second-order valence-corrected chi connectivity index (χ2v) is 5.89. The molecule has 3 rings (SSSR count). The summed E-state index contributed by atoms with van der Waals surface area (Å²) < 4.78 is 28.5. The van der Waals surface area contributed by atoms with E-state index >= 15 is 0 Å². The number of hydrogen-bond acceptors (Lipinski definition) is 3. The summed E-state index contributed by atoms with van der Waals surface area (Å²) in [6.45, 7) is 5.97. The molecule has 2 heterocycles. The predicted octanol–water partition coefficient (Wildman–Crippen LogP) is 4.30. The number of hydrogen-bond donors (Lipinski definition) is 1. The van der Waals surface area contributed by atoms with E-state index in [1.54, 1.807) is 10.7 Å². The molecule has 1 atom stereocenters. The third-order valence-electron chi connectivity index (χ3n) is 3.72. The highest BCUT2D eigenvalue weighted by molar-refractivity contribution is 5.50. The third kappa shape index (κ3) is 3.16. The van der Waals surface area contributed by atoms with Gasteiger partial charge in [0.25, 0.3) is 0 Å². The van der Waals surface area contributed by atoms with Gasteiger partial charge in [-0.15, -0.1) is 0 Å². The lowest BCUT2D eigenvalue weighted by Gasteiger charge is -2.18. The van der Waals surface area contributed by atoms with Gasteiger partial charge in [0.15, 0.2) is 5.65 Å². The largest absolute Gasteiger partial charge is 0.363 e. The topological polar surface area (TPSA) is 42.2 Å².